The van der Waals surface area contributed by atoms with Crippen molar-refractivity contribution in [3.63, 3.8) is 0 Å². The normalized spacial score (nSPS) is 17.7. The number of anilines is 1. The van der Waals surface area contributed by atoms with Crippen LogP contribution in [0.2, 0.25) is 5.02 Å². The second kappa shape index (κ2) is 11.9. The third-order valence-electron chi connectivity index (χ3n) is 6.62. The maximum atomic E-state index is 13.6. The van der Waals surface area contributed by atoms with Crippen molar-refractivity contribution >= 4 is 27.3 Å². The molecule has 1 aliphatic heterocycles. The lowest BCUT2D eigenvalue weighted by Crippen LogP contribution is -2.53. The first-order valence-corrected chi connectivity index (χ1v) is 14.0. The quantitative estimate of drug-likeness (QED) is 0.452. The van der Waals surface area contributed by atoms with Gasteiger partial charge in [-0.15, -0.1) is 0 Å². The molecule has 0 bridgehead atoms. The molecule has 1 saturated heterocycles. The Labute approximate surface area is 216 Å². The monoisotopic (exact) mass is 540 g/mol. The Balaban J connectivity index is 1.59. The number of sulfonamides is 1. The van der Waals surface area contributed by atoms with Crippen LogP contribution in [0.15, 0.2) is 35.3 Å². The van der Waals surface area contributed by atoms with Gasteiger partial charge in [0.15, 0.2) is 0 Å². The van der Waals surface area contributed by atoms with Crippen LogP contribution in [-0.4, -0.2) is 87.5 Å². The molecule has 2 fully saturated rings. The zero-order valence-corrected chi connectivity index (χ0v) is 22.2. The summed E-state index contributed by atoms with van der Waals surface area (Å²) in [5, 5.41) is 4.13. The summed E-state index contributed by atoms with van der Waals surface area (Å²) in [4.78, 5) is 15.5. The molecule has 198 valence electrons. The van der Waals surface area contributed by atoms with Crippen LogP contribution in [0.5, 0.6) is 5.75 Å². The summed E-state index contributed by atoms with van der Waals surface area (Å²) in [5.41, 5.74) is 0.762. The highest BCUT2D eigenvalue weighted by Gasteiger charge is 2.35. The second-order valence-corrected chi connectivity index (χ2v) is 11.7. The van der Waals surface area contributed by atoms with Gasteiger partial charge in [-0.2, -0.15) is 14.1 Å². The van der Waals surface area contributed by atoms with Crippen molar-refractivity contribution in [2.75, 3.05) is 58.5 Å². The second-order valence-electron chi connectivity index (χ2n) is 9.04. The summed E-state index contributed by atoms with van der Waals surface area (Å²) in [5.74, 6) is 0.241. The van der Waals surface area contributed by atoms with Gasteiger partial charge in [-0.1, -0.05) is 17.7 Å². The van der Waals surface area contributed by atoms with Crippen molar-refractivity contribution in [3.05, 3.63) is 45.8 Å². The van der Waals surface area contributed by atoms with Crippen LogP contribution < -0.4 is 15.2 Å². The fourth-order valence-corrected chi connectivity index (χ4v) is 6.61. The molecule has 1 aromatic heterocycles. The predicted octanol–water partition coefficient (Wildman–Crippen LogP) is 2.32. The van der Waals surface area contributed by atoms with Gasteiger partial charge in [0.25, 0.3) is 0 Å². The number of hydrogen-bond donors (Lipinski definition) is 0. The van der Waals surface area contributed by atoms with Crippen molar-refractivity contribution in [3.8, 4) is 11.4 Å². The number of hydrogen-bond acceptors (Lipinski definition) is 8. The van der Waals surface area contributed by atoms with Crippen molar-refractivity contribution in [1.82, 2.24) is 14.1 Å². The maximum absolute atomic E-state index is 13.6. The van der Waals surface area contributed by atoms with Gasteiger partial charge in [0.1, 0.15) is 10.9 Å². The van der Waals surface area contributed by atoms with E-state index in [1.54, 1.807) is 30.5 Å². The van der Waals surface area contributed by atoms with Crippen LogP contribution in [-0.2, 0) is 19.5 Å². The summed E-state index contributed by atoms with van der Waals surface area (Å²) < 4.78 is 45.5. The minimum absolute atomic E-state index is 0.0304. The van der Waals surface area contributed by atoms with E-state index in [0.29, 0.717) is 29.5 Å². The lowest BCUT2D eigenvalue weighted by molar-refractivity contribution is 0.138. The number of nitrogens with zero attached hydrogens (tertiary/aromatic N) is 4. The lowest BCUT2D eigenvalue weighted by Gasteiger charge is -2.37. The van der Waals surface area contributed by atoms with E-state index in [9.17, 15) is 13.2 Å². The van der Waals surface area contributed by atoms with Gasteiger partial charge < -0.3 is 19.1 Å². The Bertz CT molecular complexity index is 1190. The number of ether oxygens (including phenoxy) is 3. The Kier molecular flexibility index (Phi) is 8.89. The summed E-state index contributed by atoms with van der Waals surface area (Å²) in [6.45, 7) is 1.45. The first-order valence-electron chi connectivity index (χ1n) is 12.1. The molecular formula is C24H33ClN4O6S. The van der Waals surface area contributed by atoms with Gasteiger partial charge in [0.2, 0.25) is 15.8 Å². The molecule has 1 aromatic carbocycles. The highest BCUT2D eigenvalue weighted by Crippen LogP contribution is 2.30. The first-order chi connectivity index (χ1) is 17.3. The predicted molar refractivity (Wildman–Crippen MR) is 138 cm³/mol. The van der Waals surface area contributed by atoms with Crippen LogP contribution in [0, 0.1) is 0 Å². The number of methoxy groups -OCH3 is 2. The maximum Gasteiger partial charge on any atom is 0.316 e. The van der Waals surface area contributed by atoms with E-state index in [1.807, 2.05) is 4.90 Å². The van der Waals surface area contributed by atoms with E-state index in [-0.39, 0.29) is 43.7 Å². The molecule has 2 aromatic rings. The highest BCUT2D eigenvalue weighted by molar-refractivity contribution is 7.89. The van der Waals surface area contributed by atoms with E-state index in [4.69, 9.17) is 25.8 Å². The SMILES string of the molecule is COCC(COC)S(=O)(=O)N1CCN(c2cnn(-c3cccc(Cl)c3)c(=O)c2OC2CCCC2)CC1. The molecule has 2 heterocycles. The molecule has 36 heavy (non-hydrogen) atoms. The Hall–Kier alpha value is -2.18. The van der Waals surface area contributed by atoms with Gasteiger partial charge in [-0.05, 0) is 43.9 Å². The minimum Gasteiger partial charge on any atom is -0.483 e. The number of aromatic nitrogens is 2. The molecule has 0 atom stereocenters. The van der Waals surface area contributed by atoms with E-state index in [2.05, 4.69) is 5.10 Å². The lowest BCUT2D eigenvalue weighted by atomic mass is 10.2. The minimum atomic E-state index is -3.61. The summed E-state index contributed by atoms with van der Waals surface area (Å²) in [6.07, 6.45) is 5.50. The van der Waals surface area contributed by atoms with Gasteiger partial charge >= 0.3 is 5.56 Å². The number of piperazine rings is 1. The van der Waals surface area contributed by atoms with Crippen LogP contribution in [0.4, 0.5) is 5.69 Å². The Morgan fingerprint density at radius 3 is 2.36 bits per heavy atom. The van der Waals surface area contributed by atoms with Crippen molar-refractivity contribution in [1.29, 1.82) is 0 Å². The average molecular weight is 541 g/mol. The highest BCUT2D eigenvalue weighted by atomic mass is 35.5. The molecule has 12 heteroatoms. The fraction of sp³-hybridized carbons (Fsp3) is 0.583. The summed E-state index contributed by atoms with van der Waals surface area (Å²) >= 11 is 6.14. The molecule has 0 radical (unpaired) electrons. The Morgan fingerprint density at radius 1 is 1.08 bits per heavy atom. The molecular weight excluding hydrogens is 508 g/mol. The van der Waals surface area contributed by atoms with Gasteiger partial charge in [-0.3, -0.25) is 4.79 Å². The zero-order chi connectivity index (χ0) is 25.7. The van der Waals surface area contributed by atoms with Crippen LogP contribution in [0.25, 0.3) is 5.69 Å². The van der Waals surface area contributed by atoms with Gasteiger partial charge in [0, 0.05) is 45.4 Å². The Morgan fingerprint density at radius 2 is 1.75 bits per heavy atom. The first kappa shape index (κ1) is 26.9. The number of rotatable bonds is 10. The van der Waals surface area contributed by atoms with Gasteiger partial charge in [0.05, 0.1) is 31.2 Å². The zero-order valence-electron chi connectivity index (χ0n) is 20.6. The third-order valence-corrected chi connectivity index (χ3v) is 9.05. The topological polar surface area (TPSA) is 103 Å². The molecule has 2 aliphatic rings. The molecule has 0 amide bonds. The van der Waals surface area contributed by atoms with Crippen molar-refractivity contribution in [2.45, 2.75) is 37.0 Å². The number of benzene rings is 1. The van der Waals surface area contributed by atoms with E-state index in [0.717, 1.165) is 25.7 Å². The van der Waals surface area contributed by atoms with E-state index in [1.165, 1.54) is 23.2 Å². The van der Waals surface area contributed by atoms with Gasteiger partial charge in [-0.25, -0.2) is 8.42 Å². The van der Waals surface area contributed by atoms with Crippen LogP contribution in [0.3, 0.4) is 0 Å². The average Bonchev–Trinajstić information content (AvgIpc) is 3.38. The third kappa shape index (κ3) is 5.86. The molecule has 0 N–H and O–H groups in total. The standard InChI is InChI=1S/C24H33ClN4O6S/c1-33-16-21(17-34-2)36(31,32)28-12-10-27(11-13-28)22-15-26-29(19-7-5-6-18(25)14-19)24(30)23(22)35-20-8-3-4-9-20/h5-7,14-15,20-21H,3-4,8-13,16-17H2,1-2H3. The fourth-order valence-electron chi connectivity index (χ4n) is 4.72. The van der Waals surface area contributed by atoms with Crippen molar-refractivity contribution in [2.24, 2.45) is 0 Å². The molecule has 10 nitrogen and oxygen atoms in total. The summed E-state index contributed by atoms with van der Waals surface area (Å²) in [7, 11) is -0.661. The molecule has 0 spiro atoms. The summed E-state index contributed by atoms with van der Waals surface area (Å²) in [6, 6.07) is 6.93. The number of halogens is 1. The molecule has 1 aliphatic carbocycles. The van der Waals surface area contributed by atoms with E-state index >= 15 is 0 Å². The van der Waals surface area contributed by atoms with Crippen LogP contribution >= 0.6 is 11.6 Å². The van der Waals surface area contributed by atoms with Crippen LogP contribution in [0.1, 0.15) is 25.7 Å². The molecule has 0 unspecified atom stereocenters. The van der Waals surface area contributed by atoms with E-state index < -0.39 is 15.3 Å². The van der Waals surface area contributed by atoms with Crippen molar-refractivity contribution < 1.29 is 22.6 Å². The molecule has 4 rings (SSSR count). The molecule has 1 saturated carbocycles. The largest absolute Gasteiger partial charge is 0.483 e. The smallest absolute Gasteiger partial charge is 0.316 e.